The molecule has 0 aromatic rings. The summed E-state index contributed by atoms with van der Waals surface area (Å²) < 4.78 is 5.47. The number of aliphatic hydroxyl groups is 1. The molecule has 4 aliphatic rings. The van der Waals surface area contributed by atoms with Gasteiger partial charge in [0.25, 0.3) is 0 Å². The Bertz CT molecular complexity index is 279. The highest BCUT2D eigenvalue weighted by molar-refractivity contribution is 4.96. The maximum atomic E-state index is 10.5. The van der Waals surface area contributed by atoms with Crippen molar-refractivity contribution in [3.63, 3.8) is 0 Å². The molecule has 4 heterocycles. The third kappa shape index (κ3) is 2.24. The van der Waals surface area contributed by atoms with E-state index in [0.29, 0.717) is 19.2 Å². The Hall–Kier alpha value is -0.160. The SMILES string of the molecule is CC1OCCC1(O)CNC1CN2CCC1CC2. The Kier molecular flexibility index (Phi) is 3.15. The van der Waals surface area contributed by atoms with Crippen LogP contribution in [0.15, 0.2) is 0 Å². The number of nitrogens with zero attached hydrogens (tertiary/aromatic N) is 1. The van der Waals surface area contributed by atoms with E-state index in [4.69, 9.17) is 4.74 Å². The van der Waals surface area contributed by atoms with E-state index in [2.05, 4.69) is 10.2 Å². The second kappa shape index (κ2) is 4.50. The summed E-state index contributed by atoms with van der Waals surface area (Å²) in [4.78, 5) is 2.54. The molecule has 2 bridgehead atoms. The molecular formula is C13H24N2O2. The molecule has 4 fully saturated rings. The zero-order valence-corrected chi connectivity index (χ0v) is 10.7. The molecule has 0 aromatic heterocycles. The lowest BCUT2D eigenvalue weighted by atomic mass is 9.83. The first-order valence-corrected chi connectivity index (χ1v) is 6.97. The largest absolute Gasteiger partial charge is 0.386 e. The summed E-state index contributed by atoms with van der Waals surface area (Å²) in [7, 11) is 0. The van der Waals surface area contributed by atoms with Gasteiger partial charge < -0.3 is 20.1 Å². The monoisotopic (exact) mass is 240 g/mol. The minimum atomic E-state index is -0.647. The van der Waals surface area contributed by atoms with Crippen molar-refractivity contribution in [3.8, 4) is 0 Å². The van der Waals surface area contributed by atoms with Gasteiger partial charge in [0.15, 0.2) is 0 Å². The molecule has 2 N–H and O–H groups in total. The zero-order valence-electron chi connectivity index (χ0n) is 10.7. The second-order valence-corrected chi connectivity index (χ2v) is 5.99. The van der Waals surface area contributed by atoms with E-state index in [9.17, 15) is 5.11 Å². The van der Waals surface area contributed by atoms with E-state index in [1.807, 2.05) is 6.92 Å². The first-order chi connectivity index (χ1) is 8.17. The molecule has 0 saturated carbocycles. The molecule has 4 aliphatic heterocycles. The minimum Gasteiger partial charge on any atom is -0.386 e. The molecule has 98 valence electrons. The summed E-state index contributed by atoms with van der Waals surface area (Å²) in [5.41, 5.74) is -0.647. The van der Waals surface area contributed by atoms with E-state index >= 15 is 0 Å². The van der Waals surface area contributed by atoms with Crippen molar-refractivity contribution in [1.82, 2.24) is 10.2 Å². The maximum absolute atomic E-state index is 10.5. The molecule has 3 atom stereocenters. The van der Waals surface area contributed by atoms with Gasteiger partial charge >= 0.3 is 0 Å². The standard InChI is InChI=1S/C13H24N2O2/c1-10-13(16,4-7-17-10)9-14-12-8-15-5-2-11(12)3-6-15/h10-12,14,16H,2-9H2,1H3. The van der Waals surface area contributed by atoms with Crippen molar-refractivity contribution in [2.75, 3.05) is 32.8 Å². The van der Waals surface area contributed by atoms with Gasteiger partial charge in [-0.05, 0) is 38.8 Å². The first kappa shape index (κ1) is 11.9. The fourth-order valence-electron chi connectivity index (χ4n) is 3.51. The van der Waals surface area contributed by atoms with Gasteiger partial charge in [-0.2, -0.15) is 0 Å². The number of fused-ring (bicyclic) bond motifs is 3. The minimum absolute atomic E-state index is 0.0314. The van der Waals surface area contributed by atoms with E-state index in [-0.39, 0.29) is 6.10 Å². The lowest BCUT2D eigenvalue weighted by Crippen LogP contribution is -2.59. The van der Waals surface area contributed by atoms with Crippen molar-refractivity contribution in [3.05, 3.63) is 0 Å². The highest BCUT2D eigenvalue weighted by Crippen LogP contribution is 2.29. The lowest BCUT2D eigenvalue weighted by molar-refractivity contribution is -0.0335. The summed E-state index contributed by atoms with van der Waals surface area (Å²) >= 11 is 0. The molecule has 17 heavy (non-hydrogen) atoms. The molecule has 0 aromatic carbocycles. The number of ether oxygens (including phenoxy) is 1. The van der Waals surface area contributed by atoms with Crippen molar-refractivity contribution in [2.24, 2.45) is 5.92 Å². The summed E-state index contributed by atoms with van der Waals surface area (Å²) in [5.74, 6) is 0.821. The van der Waals surface area contributed by atoms with Gasteiger partial charge in [-0.25, -0.2) is 0 Å². The average molecular weight is 240 g/mol. The van der Waals surface area contributed by atoms with Crippen LogP contribution < -0.4 is 5.32 Å². The molecule has 3 unspecified atom stereocenters. The molecule has 0 radical (unpaired) electrons. The van der Waals surface area contributed by atoms with Crippen LogP contribution in [0.2, 0.25) is 0 Å². The van der Waals surface area contributed by atoms with E-state index in [1.54, 1.807) is 0 Å². The molecule has 4 nitrogen and oxygen atoms in total. The number of rotatable bonds is 3. The Balaban J connectivity index is 1.54. The number of piperidine rings is 3. The van der Waals surface area contributed by atoms with Crippen LogP contribution in [0, 0.1) is 5.92 Å². The summed E-state index contributed by atoms with van der Waals surface area (Å²) in [6.45, 7) is 7.06. The number of hydrogen-bond acceptors (Lipinski definition) is 4. The highest BCUT2D eigenvalue weighted by atomic mass is 16.5. The maximum Gasteiger partial charge on any atom is 0.105 e. The van der Waals surface area contributed by atoms with Crippen molar-refractivity contribution in [1.29, 1.82) is 0 Å². The predicted molar refractivity (Wildman–Crippen MR) is 65.9 cm³/mol. The number of nitrogens with one attached hydrogen (secondary N) is 1. The van der Waals surface area contributed by atoms with Gasteiger partial charge in [-0.15, -0.1) is 0 Å². The highest BCUT2D eigenvalue weighted by Gasteiger charge is 2.41. The van der Waals surface area contributed by atoms with E-state index in [1.165, 1.54) is 25.9 Å². The van der Waals surface area contributed by atoms with Crippen molar-refractivity contribution in [2.45, 2.75) is 43.9 Å². The third-order valence-electron chi connectivity index (χ3n) is 4.99. The quantitative estimate of drug-likeness (QED) is 0.740. The summed E-state index contributed by atoms with van der Waals surface area (Å²) in [6, 6.07) is 0.578. The second-order valence-electron chi connectivity index (χ2n) is 5.99. The van der Waals surface area contributed by atoms with Crippen molar-refractivity contribution < 1.29 is 9.84 Å². The van der Waals surface area contributed by atoms with Gasteiger partial charge in [0, 0.05) is 32.2 Å². The molecule has 0 amide bonds. The normalized spacial score (nSPS) is 49.8. The van der Waals surface area contributed by atoms with Gasteiger partial charge in [0.2, 0.25) is 0 Å². The van der Waals surface area contributed by atoms with Crippen LogP contribution in [0.3, 0.4) is 0 Å². The average Bonchev–Trinajstić information content (AvgIpc) is 2.69. The fraction of sp³-hybridized carbons (Fsp3) is 1.00. The molecule has 4 heteroatoms. The number of hydrogen-bond donors (Lipinski definition) is 2. The van der Waals surface area contributed by atoms with Crippen LogP contribution in [0.25, 0.3) is 0 Å². The Morgan fingerprint density at radius 3 is 2.71 bits per heavy atom. The van der Waals surface area contributed by atoms with Crippen LogP contribution in [0.5, 0.6) is 0 Å². The van der Waals surface area contributed by atoms with Crippen LogP contribution in [-0.2, 0) is 4.74 Å². The van der Waals surface area contributed by atoms with Crippen LogP contribution in [0.4, 0.5) is 0 Å². The van der Waals surface area contributed by atoms with Gasteiger partial charge in [0.05, 0.1) is 6.10 Å². The Morgan fingerprint density at radius 2 is 2.18 bits per heavy atom. The molecule has 0 aliphatic carbocycles. The molecule has 4 saturated heterocycles. The lowest BCUT2D eigenvalue weighted by Gasteiger charge is -2.46. The molecule has 4 rings (SSSR count). The summed E-state index contributed by atoms with van der Waals surface area (Å²) in [6.07, 6.45) is 3.38. The predicted octanol–water partition coefficient (Wildman–Crippen LogP) is 0.210. The van der Waals surface area contributed by atoms with Gasteiger partial charge in [0.1, 0.15) is 5.60 Å². The smallest absolute Gasteiger partial charge is 0.105 e. The van der Waals surface area contributed by atoms with Crippen LogP contribution in [-0.4, -0.2) is 60.5 Å². The molecular weight excluding hydrogens is 216 g/mol. The van der Waals surface area contributed by atoms with Crippen molar-refractivity contribution >= 4 is 0 Å². The Labute approximate surface area is 103 Å². The topological polar surface area (TPSA) is 44.7 Å². The molecule has 0 spiro atoms. The first-order valence-electron chi connectivity index (χ1n) is 6.97. The van der Waals surface area contributed by atoms with E-state index < -0.39 is 5.60 Å². The van der Waals surface area contributed by atoms with E-state index in [0.717, 1.165) is 18.9 Å². The van der Waals surface area contributed by atoms with Gasteiger partial charge in [-0.3, -0.25) is 0 Å². The third-order valence-corrected chi connectivity index (χ3v) is 4.99. The summed E-state index contributed by atoms with van der Waals surface area (Å²) in [5, 5.41) is 14.1. The Morgan fingerprint density at radius 1 is 1.41 bits per heavy atom. The zero-order chi connectivity index (χ0) is 11.9. The van der Waals surface area contributed by atoms with Crippen LogP contribution in [0.1, 0.15) is 26.2 Å². The fourth-order valence-corrected chi connectivity index (χ4v) is 3.51. The van der Waals surface area contributed by atoms with Gasteiger partial charge in [-0.1, -0.05) is 0 Å². The van der Waals surface area contributed by atoms with Crippen LogP contribution >= 0.6 is 0 Å².